The van der Waals surface area contributed by atoms with Crippen molar-refractivity contribution in [1.29, 1.82) is 0 Å². The molecule has 0 spiro atoms. The van der Waals surface area contributed by atoms with E-state index >= 15 is 0 Å². The third kappa shape index (κ3) is 2.06. The first-order valence-corrected chi connectivity index (χ1v) is 5.89. The molecule has 1 aromatic rings. The summed E-state index contributed by atoms with van der Waals surface area (Å²) in [7, 11) is 0. The van der Waals surface area contributed by atoms with Crippen molar-refractivity contribution >= 4 is 23.2 Å². The zero-order chi connectivity index (χ0) is 11.8. The predicted octanol–water partition coefficient (Wildman–Crippen LogP) is 1.51. The van der Waals surface area contributed by atoms with E-state index in [-0.39, 0.29) is 22.1 Å². The number of carbonyl (C=O) groups excluding carboxylic acids is 1. The maximum atomic E-state index is 11.7. The van der Waals surface area contributed by atoms with E-state index in [4.69, 9.17) is 5.11 Å². The summed E-state index contributed by atoms with van der Waals surface area (Å²) in [5.41, 5.74) is -0.208. The van der Waals surface area contributed by atoms with Gasteiger partial charge in [0.25, 0.3) is 5.91 Å². The van der Waals surface area contributed by atoms with Crippen molar-refractivity contribution in [3.05, 3.63) is 16.1 Å². The van der Waals surface area contributed by atoms with E-state index in [9.17, 15) is 9.59 Å². The van der Waals surface area contributed by atoms with Crippen LogP contribution in [0.3, 0.4) is 0 Å². The van der Waals surface area contributed by atoms with Gasteiger partial charge in [-0.3, -0.25) is 4.79 Å². The van der Waals surface area contributed by atoms with Crippen LogP contribution in [0.5, 0.6) is 0 Å². The summed E-state index contributed by atoms with van der Waals surface area (Å²) in [5.74, 6) is -1.38. The standard InChI is InChI=1S/C10H12N2O3S/c1-10(3-2-4-10)12-7(13)8-11-6(5-16-8)9(14)15/h5H,2-4H2,1H3,(H,12,13)(H,14,15). The first-order chi connectivity index (χ1) is 7.50. The fourth-order valence-corrected chi connectivity index (χ4v) is 2.32. The highest BCUT2D eigenvalue weighted by Crippen LogP contribution is 2.31. The average molecular weight is 240 g/mol. The van der Waals surface area contributed by atoms with Crippen LogP contribution in [0.25, 0.3) is 0 Å². The van der Waals surface area contributed by atoms with Gasteiger partial charge in [0, 0.05) is 10.9 Å². The molecule has 1 aliphatic carbocycles. The second kappa shape index (κ2) is 3.86. The van der Waals surface area contributed by atoms with Crippen LogP contribution in [0.4, 0.5) is 0 Å². The summed E-state index contributed by atoms with van der Waals surface area (Å²) >= 11 is 1.06. The Balaban J connectivity index is 2.06. The highest BCUT2D eigenvalue weighted by molar-refractivity contribution is 7.11. The van der Waals surface area contributed by atoms with Gasteiger partial charge >= 0.3 is 5.97 Å². The Morgan fingerprint density at radius 3 is 2.69 bits per heavy atom. The van der Waals surface area contributed by atoms with Crippen molar-refractivity contribution in [3.63, 3.8) is 0 Å². The molecule has 1 amide bonds. The largest absolute Gasteiger partial charge is 0.476 e. The number of hydrogen-bond acceptors (Lipinski definition) is 4. The van der Waals surface area contributed by atoms with Crippen LogP contribution in [0.1, 0.15) is 46.5 Å². The van der Waals surface area contributed by atoms with E-state index in [1.54, 1.807) is 0 Å². The summed E-state index contributed by atoms with van der Waals surface area (Å²) in [4.78, 5) is 26.1. The van der Waals surface area contributed by atoms with E-state index < -0.39 is 5.97 Å². The first kappa shape index (κ1) is 11.1. The molecule has 0 radical (unpaired) electrons. The van der Waals surface area contributed by atoms with E-state index in [1.165, 1.54) is 5.38 Å². The molecule has 0 aliphatic heterocycles. The van der Waals surface area contributed by atoms with Gasteiger partial charge in [-0.1, -0.05) is 0 Å². The Morgan fingerprint density at radius 2 is 2.25 bits per heavy atom. The normalized spacial score (nSPS) is 17.6. The Kier molecular flexibility index (Phi) is 2.67. The maximum Gasteiger partial charge on any atom is 0.355 e. The van der Waals surface area contributed by atoms with E-state index in [1.807, 2.05) is 6.92 Å². The number of aromatic nitrogens is 1. The molecule has 1 aromatic heterocycles. The lowest BCUT2D eigenvalue weighted by Crippen LogP contribution is -2.50. The Hall–Kier alpha value is -1.43. The monoisotopic (exact) mass is 240 g/mol. The number of rotatable bonds is 3. The number of thiazole rings is 1. The molecular weight excluding hydrogens is 228 g/mol. The second-order valence-electron chi connectivity index (χ2n) is 4.21. The highest BCUT2D eigenvalue weighted by Gasteiger charge is 2.34. The minimum atomic E-state index is -1.11. The molecule has 86 valence electrons. The van der Waals surface area contributed by atoms with Crippen molar-refractivity contribution in [3.8, 4) is 0 Å². The van der Waals surface area contributed by atoms with Crippen LogP contribution in [0, 0.1) is 0 Å². The molecule has 1 aliphatic rings. The molecule has 0 saturated heterocycles. The number of hydrogen-bond donors (Lipinski definition) is 2. The number of amides is 1. The van der Waals surface area contributed by atoms with E-state index in [0.717, 1.165) is 30.6 Å². The van der Waals surface area contributed by atoms with Crippen LogP contribution in [-0.4, -0.2) is 27.5 Å². The van der Waals surface area contributed by atoms with Crippen LogP contribution in [-0.2, 0) is 0 Å². The zero-order valence-electron chi connectivity index (χ0n) is 8.82. The number of nitrogens with one attached hydrogen (secondary N) is 1. The minimum absolute atomic E-state index is 0.0751. The topological polar surface area (TPSA) is 79.3 Å². The van der Waals surface area contributed by atoms with Gasteiger partial charge in [-0.05, 0) is 26.2 Å². The van der Waals surface area contributed by atoms with Crippen LogP contribution < -0.4 is 5.32 Å². The number of nitrogens with zero attached hydrogens (tertiary/aromatic N) is 1. The third-order valence-corrected chi connectivity index (χ3v) is 3.63. The molecular formula is C10H12N2O3S. The van der Waals surface area contributed by atoms with Gasteiger partial charge in [-0.2, -0.15) is 0 Å². The third-order valence-electron chi connectivity index (χ3n) is 2.79. The molecule has 1 saturated carbocycles. The van der Waals surface area contributed by atoms with Gasteiger partial charge in [0.2, 0.25) is 0 Å². The average Bonchev–Trinajstić information content (AvgIpc) is 2.64. The van der Waals surface area contributed by atoms with E-state index in [0.29, 0.717) is 0 Å². The predicted molar refractivity (Wildman–Crippen MR) is 58.8 cm³/mol. The quantitative estimate of drug-likeness (QED) is 0.839. The van der Waals surface area contributed by atoms with E-state index in [2.05, 4.69) is 10.3 Å². The smallest absolute Gasteiger partial charge is 0.355 e. The van der Waals surface area contributed by atoms with Gasteiger partial charge in [0.1, 0.15) is 0 Å². The molecule has 2 N–H and O–H groups in total. The summed E-state index contributed by atoms with van der Waals surface area (Å²) in [6.07, 6.45) is 3.06. The summed E-state index contributed by atoms with van der Waals surface area (Å²) in [6.45, 7) is 1.99. The molecule has 5 nitrogen and oxygen atoms in total. The van der Waals surface area contributed by atoms with Crippen molar-refractivity contribution in [1.82, 2.24) is 10.3 Å². The summed E-state index contributed by atoms with van der Waals surface area (Å²) in [5, 5.41) is 13.1. The van der Waals surface area contributed by atoms with Gasteiger partial charge in [-0.25, -0.2) is 9.78 Å². The lowest BCUT2D eigenvalue weighted by molar-refractivity contribution is 0.0691. The first-order valence-electron chi connectivity index (χ1n) is 5.01. The lowest BCUT2D eigenvalue weighted by Gasteiger charge is -2.38. The van der Waals surface area contributed by atoms with Crippen LogP contribution in [0.2, 0.25) is 0 Å². The van der Waals surface area contributed by atoms with Crippen molar-refractivity contribution in [2.75, 3.05) is 0 Å². The molecule has 16 heavy (non-hydrogen) atoms. The lowest BCUT2D eigenvalue weighted by atomic mass is 9.78. The second-order valence-corrected chi connectivity index (χ2v) is 5.07. The van der Waals surface area contributed by atoms with Crippen molar-refractivity contribution < 1.29 is 14.7 Å². The number of carboxylic acids is 1. The molecule has 0 atom stereocenters. The summed E-state index contributed by atoms with van der Waals surface area (Å²) in [6, 6.07) is 0. The molecule has 6 heteroatoms. The van der Waals surface area contributed by atoms with Gasteiger partial charge in [-0.15, -0.1) is 11.3 Å². The fraction of sp³-hybridized carbons (Fsp3) is 0.500. The van der Waals surface area contributed by atoms with Crippen LogP contribution >= 0.6 is 11.3 Å². The molecule has 2 rings (SSSR count). The maximum absolute atomic E-state index is 11.7. The highest BCUT2D eigenvalue weighted by atomic mass is 32.1. The van der Waals surface area contributed by atoms with Crippen molar-refractivity contribution in [2.45, 2.75) is 31.7 Å². The summed E-state index contributed by atoms with van der Waals surface area (Å²) < 4.78 is 0. The fourth-order valence-electron chi connectivity index (χ4n) is 1.64. The minimum Gasteiger partial charge on any atom is -0.476 e. The molecule has 1 fully saturated rings. The van der Waals surface area contributed by atoms with Gasteiger partial charge in [0.05, 0.1) is 0 Å². The zero-order valence-corrected chi connectivity index (χ0v) is 9.63. The van der Waals surface area contributed by atoms with Crippen LogP contribution in [0.15, 0.2) is 5.38 Å². The number of aromatic carboxylic acids is 1. The van der Waals surface area contributed by atoms with Gasteiger partial charge in [0.15, 0.2) is 10.7 Å². The molecule has 0 bridgehead atoms. The Bertz CT molecular complexity index is 437. The Morgan fingerprint density at radius 1 is 1.56 bits per heavy atom. The molecule has 1 heterocycles. The molecule has 0 aromatic carbocycles. The molecule has 0 unspecified atom stereocenters. The number of carboxylic acid groups (broad SMARTS) is 1. The number of carbonyl (C=O) groups is 2. The van der Waals surface area contributed by atoms with Crippen molar-refractivity contribution in [2.24, 2.45) is 0 Å². The SMILES string of the molecule is CC1(NC(=O)c2nc(C(=O)O)cs2)CCC1. The Labute approximate surface area is 96.5 Å². The van der Waals surface area contributed by atoms with Gasteiger partial charge < -0.3 is 10.4 Å².